The van der Waals surface area contributed by atoms with Gasteiger partial charge in [0, 0.05) is 27.3 Å². The molecule has 0 saturated carbocycles. The zero-order valence-corrected chi connectivity index (χ0v) is 10.4. The monoisotopic (exact) mass is 240 g/mol. The number of rotatable bonds is 7. The lowest BCUT2D eigenvalue weighted by Gasteiger charge is -2.23. The van der Waals surface area contributed by atoms with E-state index in [4.69, 9.17) is 15.2 Å². The summed E-state index contributed by atoms with van der Waals surface area (Å²) in [6, 6.07) is -0.469. The van der Waals surface area contributed by atoms with Crippen LogP contribution in [0.4, 0.5) is 0 Å². The van der Waals surface area contributed by atoms with Gasteiger partial charge in [-0.15, -0.1) is 12.4 Å². The van der Waals surface area contributed by atoms with Gasteiger partial charge < -0.3 is 20.1 Å². The molecule has 0 aliphatic heterocycles. The van der Waals surface area contributed by atoms with E-state index < -0.39 is 6.04 Å². The van der Waals surface area contributed by atoms with Crippen LogP contribution in [-0.2, 0) is 14.3 Å². The summed E-state index contributed by atoms with van der Waals surface area (Å²) in [7, 11) is 3.20. The van der Waals surface area contributed by atoms with Crippen molar-refractivity contribution in [2.45, 2.75) is 13.0 Å². The van der Waals surface area contributed by atoms with Gasteiger partial charge in [-0.05, 0) is 6.92 Å². The molecule has 0 aliphatic rings. The lowest BCUT2D eigenvalue weighted by Crippen LogP contribution is -2.44. The summed E-state index contributed by atoms with van der Waals surface area (Å²) in [5, 5.41) is 0. The van der Waals surface area contributed by atoms with Crippen LogP contribution < -0.4 is 5.73 Å². The number of nitrogens with zero attached hydrogens (tertiary/aromatic N) is 1. The maximum atomic E-state index is 11.5. The Labute approximate surface area is 97.3 Å². The summed E-state index contributed by atoms with van der Waals surface area (Å²) in [5.74, 6) is -0.0703. The molecule has 0 heterocycles. The second-order valence-corrected chi connectivity index (χ2v) is 3.10. The quantitative estimate of drug-likeness (QED) is 0.674. The second-order valence-electron chi connectivity index (χ2n) is 3.10. The highest BCUT2D eigenvalue weighted by Gasteiger charge is 2.16. The minimum absolute atomic E-state index is 0. The maximum absolute atomic E-state index is 11.5. The van der Waals surface area contributed by atoms with Gasteiger partial charge >= 0.3 is 0 Å². The molecule has 0 aromatic heterocycles. The molecule has 1 unspecified atom stereocenters. The zero-order chi connectivity index (χ0) is 11.0. The van der Waals surface area contributed by atoms with Crippen LogP contribution in [0, 0.1) is 0 Å². The van der Waals surface area contributed by atoms with Crippen molar-refractivity contribution in [2.24, 2.45) is 5.73 Å². The fourth-order valence-corrected chi connectivity index (χ4v) is 1.02. The number of amides is 1. The molecule has 0 rings (SSSR count). The van der Waals surface area contributed by atoms with Crippen LogP contribution in [0.3, 0.4) is 0 Å². The lowest BCUT2D eigenvalue weighted by atomic mass is 10.3. The highest BCUT2D eigenvalue weighted by molar-refractivity contribution is 5.85. The van der Waals surface area contributed by atoms with E-state index in [-0.39, 0.29) is 18.3 Å². The Kier molecular flexibility index (Phi) is 11.6. The standard InChI is InChI=1S/C9H20N2O3.ClH/c1-8(10)9(12)11(4-6-13-2)5-7-14-3;/h8H,4-7,10H2,1-3H3;1H. The van der Waals surface area contributed by atoms with Crippen LogP contribution in [0.1, 0.15) is 6.92 Å². The lowest BCUT2D eigenvalue weighted by molar-refractivity contribution is -0.133. The molecule has 6 heteroatoms. The van der Waals surface area contributed by atoms with Crippen molar-refractivity contribution in [1.82, 2.24) is 4.90 Å². The van der Waals surface area contributed by atoms with E-state index in [9.17, 15) is 4.79 Å². The Balaban J connectivity index is 0. The van der Waals surface area contributed by atoms with Gasteiger partial charge in [0.05, 0.1) is 19.3 Å². The summed E-state index contributed by atoms with van der Waals surface area (Å²) < 4.78 is 9.81. The van der Waals surface area contributed by atoms with Crippen LogP contribution in [0.5, 0.6) is 0 Å². The number of halogens is 1. The Morgan fingerprint density at radius 2 is 1.67 bits per heavy atom. The summed E-state index contributed by atoms with van der Waals surface area (Å²) in [4.78, 5) is 13.2. The summed E-state index contributed by atoms with van der Waals surface area (Å²) in [6.45, 7) is 3.82. The minimum Gasteiger partial charge on any atom is -0.383 e. The van der Waals surface area contributed by atoms with Gasteiger partial charge in [0.25, 0.3) is 0 Å². The largest absolute Gasteiger partial charge is 0.383 e. The van der Waals surface area contributed by atoms with Crippen molar-refractivity contribution in [3.05, 3.63) is 0 Å². The molecule has 0 bridgehead atoms. The predicted molar refractivity (Wildman–Crippen MR) is 61.2 cm³/mol. The number of hydrogen-bond acceptors (Lipinski definition) is 4. The van der Waals surface area contributed by atoms with Crippen LogP contribution >= 0.6 is 12.4 Å². The van der Waals surface area contributed by atoms with Gasteiger partial charge in [-0.1, -0.05) is 0 Å². The van der Waals surface area contributed by atoms with Crippen molar-refractivity contribution in [2.75, 3.05) is 40.5 Å². The average molecular weight is 241 g/mol. The molecule has 15 heavy (non-hydrogen) atoms. The van der Waals surface area contributed by atoms with Crippen LogP contribution in [-0.4, -0.2) is 57.4 Å². The molecule has 1 amide bonds. The molecule has 2 N–H and O–H groups in total. The Bertz CT molecular complexity index is 159. The van der Waals surface area contributed by atoms with E-state index in [1.54, 1.807) is 26.0 Å². The van der Waals surface area contributed by atoms with Crippen molar-refractivity contribution in [3.8, 4) is 0 Å². The molecule has 1 atom stereocenters. The maximum Gasteiger partial charge on any atom is 0.239 e. The Morgan fingerprint density at radius 1 is 1.27 bits per heavy atom. The van der Waals surface area contributed by atoms with E-state index in [1.165, 1.54) is 0 Å². The van der Waals surface area contributed by atoms with Crippen LogP contribution in [0.2, 0.25) is 0 Å². The summed E-state index contributed by atoms with van der Waals surface area (Å²) in [5.41, 5.74) is 5.51. The summed E-state index contributed by atoms with van der Waals surface area (Å²) in [6.07, 6.45) is 0. The highest BCUT2D eigenvalue weighted by Crippen LogP contribution is 1.93. The van der Waals surface area contributed by atoms with E-state index >= 15 is 0 Å². The topological polar surface area (TPSA) is 64.8 Å². The predicted octanol–water partition coefficient (Wildman–Crippen LogP) is -0.123. The Morgan fingerprint density at radius 3 is 1.93 bits per heavy atom. The Hall–Kier alpha value is -0.360. The third kappa shape index (κ3) is 7.56. The van der Waals surface area contributed by atoms with Crippen LogP contribution in [0.25, 0.3) is 0 Å². The highest BCUT2D eigenvalue weighted by atomic mass is 35.5. The normalized spacial score (nSPS) is 11.7. The second kappa shape index (κ2) is 10.2. The van der Waals surface area contributed by atoms with Crippen molar-refractivity contribution < 1.29 is 14.3 Å². The molecular formula is C9H21ClN2O3. The van der Waals surface area contributed by atoms with Crippen molar-refractivity contribution in [3.63, 3.8) is 0 Å². The SMILES string of the molecule is COCCN(CCOC)C(=O)C(C)N.Cl. The first kappa shape index (κ1) is 17.0. The van der Waals surface area contributed by atoms with Gasteiger partial charge in [-0.3, -0.25) is 4.79 Å². The first-order valence-corrected chi connectivity index (χ1v) is 4.65. The third-order valence-electron chi connectivity index (χ3n) is 1.83. The fraction of sp³-hybridized carbons (Fsp3) is 0.889. The minimum atomic E-state index is -0.469. The van der Waals surface area contributed by atoms with Crippen molar-refractivity contribution in [1.29, 1.82) is 0 Å². The molecule has 0 aromatic rings. The molecule has 0 spiro atoms. The van der Waals surface area contributed by atoms with E-state index in [2.05, 4.69) is 0 Å². The van der Waals surface area contributed by atoms with Gasteiger partial charge in [-0.2, -0.15) is 0 Å². The van der Waals surface area contributed by atoms with E-state index in [0.29, 0.717) is 26.3 Å². The van der Waals surface area contributed by atoms with E-state index in [1.807, 2.05) is 0 Å². The van der Waals surface area contributed by atoms with Crippen LogP contribution in [0.15, 0.2) is 0 Å². The number of ether oxygens (including phenoxy) is 2. The summed E-state index contributed by atoms with van der Waals surface area (Å²) >= 11 is 0. The molecule has 0 fully saturated rings. The number of hydrogen-bond donors (Lipinski definition) is 1. The molecule has 0 aromatic carbocycles. The number of nitrogens with two attached hydrogens (primary N) is 1. The van der Waals surface area contributed by atoms with Crippen molar-refractivity contribution >= 4 is 18.3 Å². The fourth-order valence-electron chi connectivity index (χ4n) is 1.02. The van der Waals surface area contributed by atoms with Gasteiger partial charge in [0.2, 0.25) is 5.91 Å². The molecular weight excluding hydrogens is 220 g/mol. The molecule has 0 saturated heterocycles. The van der Waals surface area contributed by atoms with Gasteiger partial charge in [0.15, 0.2) is 0 Å². The molecule has 5 nitrogen and oxygen atoms in total. The van der Waals surface area contributed by atoms with Gasteiger partial charge in [0.1, 0.15) is 0 Å². The first-order chi connectivity index (χ1) is 6.63. The number of methoxy groups -OCH3 is 2. The van der Waals surface area contributed by atoms with Gasteiger partial charge in [-0.25, -0.2) is 0 Å². The molecule has 92 valence electrons. The van der Waals surface area contributed by atoms with E-state index in [0.717, 1.165) is 0 Å². The first-order valence-electron chi connectivity index (χ1n) is 4.65. The molecule has 0 aliphatic carbocycles. The zero-order valence-electron chi connectivity index (χ0n) is 9.56. The molecule has 0 radical (unpaired) electrons. The average Bonchev–Trinajstić information content (AvgIpc) is 2.17. The smallest absolute Gasteiger partial charge is 0.239 e. The third-order valence-corrected chi connectivity index (χ3v) is 1.83. The number of carbonyl (C=O) groups excluding carboxylic acids is 1. The number of carbonyl (C=O) groups is 1.